The minimum absolute atomic E-state index is 0. The van der Waals surface area contributed by atoms with Crippen molar-refractivity contribution in [2.75, 3.05) is 0 Å². The average Bonchev–Trinajstić information content (AvgIpc) is 2.49. The van der Waals surface area contributed by atoms with Gasteiger partial charge in [0.25, 0.3) is 0 Å². The number of aromatic nitrogens is 2. The van der Waals surface area contributed by atoms with Gasteiger partial charge >= 0.3 is 37.7 Å². The molecule has 0 bridgehead atoms. The van der Waals surface area contributed by atoms with Gasteiger partial charge in [0.05, 0.1) is 0 Å². The Morgan fingerprint density at radius 2 is 1.21 bits per heavy atom. The normalized spacial score (nSPS) is 8.21. The van der Waals surface area contributed by atoms with Crippen molar-refractivity contribution >= 4 is 11.9 Å². The second-order valence-corrected chi connectivity index (χ2v) is 3.69. The maximum absolute atomic E-state index is 10.2. The predicted molar refractivity (Wildman–Crippen MR) is 73.4 cm³/mol. The monoisotopic (exact) mass is 381 g/mol. The molecule has 2 aromatic heterocycles. The summed E-state index contributed by atoms with van der Waals surface area (Å²) in [4.78, 5) is 27.3. The zero-order chi connectivity index (χ0) is 17.8. The fourth-order valence-corrected chi connectivity index (χ4v) is 1.12. The van der Waals surface area contributed by atoms with E-state index in [1.54, 1.807) is 0 Å². The Morgan fingerprint density at radius 1 is 0.917 bits per heavy atom. The summed E-state index contributed by atoms with van der Waals surface area (Å²) in [7, 11) is 0. The van der Waals surface area contributed by atoms with Gasteiger partial charge in [-0.15, -0.1) is 0 Å². The van der Waals surface area contributed by atoms with E-state index in [4.69, 9.17) is 28.1 Å². The van der Waals surface area contributed by atoms with Gasteiger partial charge in [0.1, 0.15) is 11.5 Å². The molecule has 0 aliphatic carbocycles. The van der Waals surface area contributed by atoms with Crippen LogP contribution >= 0.6 is 0 Å². The first-order valence-electron chi connectivity index (χ1n) is 5.56. The number of nitrogens with zero attached hydrogens (tertiary/aromatic N) is 2. The van der Waals surface area contributed by atoms with E-state index in [0.717, 1.165) is 0 Å². The quantitative estimate of drug-likeness (QED) is 0.453. The van der Waals surface area contributed by atoms with Crippen LogP contribution in [0, 0.1) is 0 Å². The molecular formula is C12H14N2O9V+. The first kappa shape index (κ1) is 23.4. The number of carboxylic acids is 2. The van der Waals surface area contributed by atoms with Gasteiger partial charge in [-0.3, -0.25) is 0 Å². The fourth-order valence-electron chi connectivity index (χ4n) is 1.12. The van der Waals surface area contributed by atoms with E-state index in [-0.39, 0.29) is 29.8 Å². The molecule has 0 spiro atoms. The second kappa shape index (κ2) is 12.7. The van der Waals surface area contributed by atoms with Crippen molar-refractivity contribution < 1.29 is 61.2 Å². The van der Waals surface area contributed by atoms with Crippen LogP contribution in [0.25, 0.3) is 0 Å². The fraction of sp³-hybridized carbons (Fsp3) is 0. The molecule has 2 heterocycles. The number of hydrogen-bond acceptors (Lipinski definition) is 7. The van der Waals surface area contributed by atoms with E-state index in [1.807, 2.05) is 0 Å². The molecule has 0 amide bonds. The van der Waals surface area contributed by atoms with Crippen molar-refractivity contribution in [3.63, 3.8) is 0 Å². The molecular weight excluding hydrogens is 367 g/mol. The minimum atomic E-state index is -1.56. The molecule has 11 nitrogen and oxygen atoms in total. The Balaban J connectivity index is -0.000000313. The summed E-state index contributed by atoms with van der Waals surface area (Å²) < 4.78 is 15.7. The summed E-state index contributed by atoms with van der Waals surface area (Å²) in [6.07, 6.45) is 2.62. The Morgan fingerprint density at radius 3 is 1.38 bits per heavy atom. The first-order chi connectivity index (χ1) is 10.8. The third-order valence-electron chi connectivity index (χ3n) is 1.98. The van der Waals surface area contributed by atoms with Crippen LogP contribution in [0.4, 0.5) is 0 Å². The van der Waals surface area contributed by atoms with Crippen molar-refractivity contribution in [3.8, 4) is 11.5 Å². The van der Waals surface area contributed by atoms with E-state index < -0.39 is 28.5 Å². The molecule has 0 fully saturated rings. The average molecular weight is 381 g/mol. The summed E-state index contributed by atoms with van der Waals surface area (Å²) in [5.41, 5.74) is -0.634. The first-order valence-corrected chi connectivity index (χ1v) is 6.75. The van der Waals surface area contributed by atoms with Gasteiger partial charge in [0.15, 0.2) is 11.4 Å². The number of aromatic carboxylic acids is 2. The van der Waals surface area contributed by atoms with Crippen molar-refractivity contribution in [3.05, 3.63) is 48.0 Å². The van der Waals surface area contributed by atoms with E-state index in [1.165, 1.54) is 36.7 Å². The molecule has 12 heteroatoms. The molecule has 0 aromatic carbocycles. The molecule has 0 aliphatic rings. The topological polar surface area (TPSA) is 210 Å². The van der Waals surface area contributed by atoms with E-state index in [9.17, 15) is 9.59 Å². The number of aromatic hydroxyl groups is 2. The van der Waals surface area contributed by atoms with E-state index >= 15 is 0 Å². The molecule has 0 saturated heterocycles. The maximum atomic E-state index is 10.2. The van der Waals surface area contributed by atoms with Crippen LogP contribution in [0.5, 0.6) is 11.5 Å². The molecule has 0 aliphatic heterocycles. The van der Waals surface area contributed by atoms with Crippen LogP contribution in [-0.2, 0) is 20.3 Å². The summed E-state index contributed by atoms with van der Waals surface area (Å²) in [6, 6.07) is 5.47. The van der Waals surface area contributed by atoms with Gasteiger partial charge < -0.3 is 25.9 Å². The standard InChI is InChI=1S/2C6H5NO3.2H2O.O.V/c2*8-4-2-1-3-7-5(4)6(9)10;;;;/h2*1-3,8H,(H,9,10);2*1H2;;/q;;;;;+1. The predicted octanol–water partition coefficient (Wildman–Crippen LogP) is -0.420. The van der Waals surface area contributed by atoms with Gasteiger partial charge in [-0.1, -0.05) is 0 Å². The van der Waals surface area contributed by atoms with Crippen LogP contribution in [0.3, 0.4) is 0 Å². The van der Waals surface area contributed by atoms with Gasteiger partial charge in [-0.25, -0.2) is 19.6 Å². The van der Waals surface area contributed by atoms with Gasteiger partial charge in [0, 0.05) is 12.4 Å². The molecule has 0 radical (unpaired) electrons. The number of pyridine rings is 2. The summed E-state index contributed by atoms with van der Waals surface area (Å²) in [5.74, 6) is -3.07. The van der Waals surface area contributed by atoms with Crippen molar-refractivity contribution in [1.29, 1.82) is 0 Å². The SMILES string of the molecule is O.O=C(O)c1ncccc1O.O=C(O)c1ncccc1O.[H+].[O]=[V][OH]. The van der Waals surface area contributed by atoms with Crippen molar-refractivity contribution in [2.45, 2.75) is 0 Å². The van der Waals surface area contributed by atoms with Crippen LogP contribution in [-0.4, -0.2) is 51.8 Å². The number of hydrogen-bond donors (Lipinski definition) is 5. The van der Waals surface area contributed by atoms with Crippen LogP contribution in [0.1, 0.15) is 22.4 Å². The van der Waals surface area contributed by atoms with Crippen molar-refractivity contribution in [2.24, 2.45) is 0 Å². The molecule has 0 saturated carbocycles. The molecule has 130 valence electrons. The van der Waals surface area contributed by atoms with Crippen LogP contribution < -0.4 is 0 Å². The van der Waals surface area contributed by atoms with E-state index in [2.05, 4.69) is 9.97 Å². The molecule has 2 rings (SSSR count). The number of carbonyl (C=O) groups is 2. The third kappa shape index (κ3) is 8.55. The Bertz CT molecular complexity index is 632. The van der Waals surface area contributed by atoms with Gasteiger partial charge in [-0.2, -0.15) is 0 Å². The summed E-state index contributed by atoms with van der Waals surface area (Å²) in [6.45, 7) is 0. The van der Waals surface area contributed by atoms with Gasteiger partial charge in [-0.05, 0) is 24.3 Å². The summed E-state index contributed by atoms with van der Waals surface area (Å²) in [5, 5.41) is 34.4. The zero-order valence-corrected chi connectivity index (χ0v) is 13.2. The Labute approximate surface area is 143 Å². The molecule has 0 atom stereocenters. The van der Waals surface area contributed by atoms with Crippen molar-refractivity contribution in [1.82, 2.24) is 9.97 Å². The Hall–Kier alpha value is -2.86. The van der Waals surface area contributed by atoms with Crippen LogP contribution in [0.2, 0.25) is 0 Å². The Kier molecular flexibility index (Phi) is 12.4. The molecule has 24 heavy (non-hydrogen) atoms. The van der Waals surface area contributed by atoms with Gasteiger partial charge in [0.2, 0.25) is 0 Å². The molecule has 7 N–H and O–H groups in total. The summed E-state index contributed by atoms with van der Waals surface area (Å²) >= 11 is -1.56. The number of carboxylic acid groups (broad SMARTS) is 2. The number of rotatable bonds is 2. The van der Waals surface area contributed by atoms with Crippen LogP contribution in [0.15, 0.2) is 36.7 Å². The molecule has 2 aromatic rings. The zero-order valence-electron chi connectivity index (χ0n) is 12.8. The third-order valence-corrected chi connectivity index (χ3v) is 1.98. The second-order valence-electron chi connectivity index (χ2n) is 3.43. The van der Waals surface area contributed by atoms with E-state index in [0.29, 0.717) is 0 Å². The molecule has 0 unspecified atom stereocenters.